The predicted octanol–water partition coefficient (Wildman–Crippen LogP) is 3.81. The number of ketones is 1. The van der Waals surface area contributed by atoms with Crippen molar-refractivity contribution < 1.29 is 4.79 Å². The molecule has 3 aromatic rings. The summed E-state index contributed by atoms with van der Waals surface area (Å²) < 4.78 is 0. The van der Waals surface area contributed by atoms with Gasteiger partial charge in [-0.3, -0.25) is 4.79 Å². The maximum absolute atomic E-state index is 12.2. The molecule has 0 aliphatic carbocycles. The highest BCUT2D eigenvalue weighted by Gasteiger charge is 2.07. The molecule has 112 valence electrons. The van der Waals surface area contributed by atoms with Crippen molar-refractivity contribution in [3.05, 3.63) is 66.0 Å². The fraction of sp³-hybridized carbons (Fsp3) is 0.118. The Morgan fingerprint density at radius 2 is 1.77 bits per heavy atom. The number of rotatable bonds is 4. The number of nitrogens with one attached hydrogen (secondary N) is 1. The molecule has 0 aliphatic rings. The Morgan fingerprint density at radius 1 is 1.05 bits per heavy atom. The molecule has 0 atom stereocenters. The summed E-state index contributed by atoms with van der Waals surface area (Å²) in [5, 5.41) is 4.01. The zero-order valence-electron chi connectivity index (χ0n) is 12.1. The number of aryl methyl sites for hydroxylation is 1. The van der Waals surface area contributed by atoms with E-state index in [0.29, 0.717) is 11.4 Å². The average Bonchev–Trinajstić information content (AvgIpc) is 2.53. The number of aromatic nitrogens is 2. The predicted molar refractivity (Wildman–Crippen MR) is 93.9 cm³/mol. The van der Waals surface area contributed by atoms with Gasteiger partial charge < -0.3 is 5.32 Å². The van der Waals surface area contributed by atoms with Crippen molar-refractivity contribution in [1.29, 1.82) is 0 Å². The molecule has 0 fully saturated rings. The molecule has 0 spiro atoms. The smallest absolute Gasteiger partial charge is 0.181 e. The Bertz CT molecular complexity index is 782. The van der Waals surface area contributed by atoms with Crippen LogP contribution in [-0.2, 0) is 0 Å². The molecule has 0 saturated heterocycles. The van der Waals surface area contributed by atoms with Gasteiger partial charge in [-0.15, -0.1) is 17.0 Å². The van der Waals surface area contributed by atoms with E-state index in [4.69, 9.17) is 0 Å². The molecule has 4 nitrogen and oxygen atoms in total. The monoisotopic (exact) mass is 357 g/mol. The van der Waals surface area contributed by atoms with Crippen molar-refractivity contribution in [2.45, 2.75) is 6.92 Å². The summed E-state index contributed by atoms with van der Waals surface area (Å²) >= 11 is 0. The van der Waals surface area contributed by atoms with Gasteiger partial charge in [0.05, 0.1) is 12.1 Å². The minimum absolute atomic E-state index is 0. The third kappa shape index (κ3) is 3.49. The van der Waals surface area contributed by atoms with E-state index >= 15 is 0 Å². The maximum atomic E-state index is 12.2. The second-order valence-corrected chi connectivity index (χ2v) is 4.88. The number of anilines is 1. The van der Waals surface area contributed by atoms with Crippen LogP contribution >= 0.6 is 17.0 Å². The fourth-order valence-electron chi connectivity index (χ4n) is 2.15. The topological polar surface area (TPSA) is 54.9 Å². The van der Waals surface area contributed by atoms with E-state index in [1.807, 2.05) is 55.5 Å². The van der Waals surface area contributed by atoms with E-state index in [1.54, 1.807) is 0 Å². The standard InChI is InChI=1S/C17H15N3O.BrH/c1-12-6-8-13(9-7-12)16(21)10-18-17-14-4-2-3-5-15(14)19-11-20-17;/h2-9,11H,10H2,1H3,(H,18,19,20);1H. The highest BCUT2D eigenvalue weighted by Crippen LogP contribution is 2.18. The molecule has 5 heteroatoms. The number of nitrogens with zero attached hydrogens (tertiary/aromatic N) is 2. The van der Waals surface area contributed by atoms with Crippen LogP contribution < -0.4 is 5.32 Å². The summed E-state index contributed by atoms with van der Waals surface area (Å²) in [6.45, 7) is 2.21. The molecule has 2 aromatic carbocycles. The first kappa shape index (κ1) is 16.1. The van der Waals surface area contributed by atoms with Crippen molar-refractivity contribution in [2.24, 2.45) is 0 Å². The van der Waals surface area contributed by atoms with Crippen LogP contribution in [-0.4, -0.2) is 22.3 Å². The van der Waals surface area contributed by atoms with Gasteiger partial charge in [-0.2, -0.15) is 0 Å². The van der Waals surface area contributed by atoms with Crippen LogP contribution in [0.15, 0.2) is 54.9 Å². The fourth-order valence-corrected chi connectivity index (χ4v) is 2.15. The summed E-state index contributed by atoms with van der Waals surface area (Å²) in [5.41, 5.74) is 2.70. The van der Waals surface area contributed by atoms with Gasteiger partial charge in [0.15, 0.2) is 5.78 Å². The Balaban J connectivity index is 0.00000176. The van der Waals surface area contributed by atoms with Gasteiger partial charge in [0.2, 0.25) is 0 Å². The number of fused-ring (bicyclic) bond motifs is 1. The molecule has 3 rings (SSSR count). The normalized spacial score (nSPS) is 10.0. The van der Waals surface area contributed by atoms with Gasteiger partial charge >= 0.3 is 0 Å². The van der Waals surface area contributed by atoms with Crippen LogP contribution in [0.5, 0.6) is 0 Å². The molecule has 0 amide bonds. The molecule has 0 saturated carbocycles. The van der Waals surface area contributed by atoms with Crippen LogP contribution in [0, 0.1) is 6.92 Å². The van der Waals surface area contributed by atoms with Gasteiger partial charge in [-0.1, -0.05) is 42.0 Å². The summed E-state index contributed by atoms with van der Waals surface area (Å²) in [7, 11) is 0. The molecule has 22 heavy (non-hydrogen) atoms. The molecule has 1 heterocycles. The largest absolute Gasteiger partial charge is 0.362 e. The number of Topliss-reactive ketones (excluding diaryl/α,β-unsaturated/α-hetero) is 1. The zero-order chi connectivity index (χ0) is 14.7. The molecule has 0 radical (unpaired) electrons. The van der Waals surface area contributed by atoms with Crippen molar-refractivity contribution >= 4 is 39.5 Å². The SMILES string of the molecule is Br.Cc1ccc(C(=O)CNc2ncnc3ccccc23)cc1. The van der Waals surface area contributed by atoms with E-state index in [9.17, 15) is 4.79 Å². The van der Waals surface area contributed by atoms with Crippen LogP contribution in [0.25, 0.3) is 10.9 Å². The third-order valence-electron chi connectivity index (χ3n) is 3.33. The summed E-state index contributed by atoms with van der Waals surface area (Å²) in [6, 6.07) is 15.3. The highest BCUT2D eigenvalue weighted by atomic mass is 79.9. The molecule has 0 aliphatic heterocycles. The second-order valence-electron chi connectivity index (χ2n) is 4.88. The Labute approximate surface area is 139 Å². The number of carbonyl (C=O) groups is 1. The molecule has 0 bridgehead atoms. The quantitative estimate of drug-likeness (QED) is 0.721. The van der Waals surface area contributed by atoms with Crippen LogP contribution in [0.2, 0.25) is 0 Å². The lowest BCUT2D eigenvalue weighted by Gasteiger charge is -2.07. The molecule has 1 N–H and O–H groups in total. The van der Waals surface area contributed by atoms with Gasteiger partial charge in [0.25, 0.3) is 0 Å². The maximum Gasteiger partial charge on any atom is 0.181 e. The van der Waals surface area contributed by atoms with Crippen molar-refractivity contribution in [3.63, 3.8) is 0 Å². The van der Waals surface area contributed by atoms with Gasteiger partial charge in [0.1, 0.15) is 12.1 Å². The molecule has 0 unspecified atom stereocenters. The van der Waals surface area contributed by atoms with Crippen LogP contribution in [0.4, 0.5) is 5.82 Å². The van der Waals surface area contributed by atoms with E-state index in [1.165, 1.54) is 6.33 Å². The van der Waals surface area contributed by atoms with Crippen molar-refractivity contribution in [2.75, 3.05) is 11.9 Å². The third-order valence-corrected chi connectivity index (χ3v) is 3.33. The first-order valence-corrected chi connectivity index (χ1v) is 6.77. The molecule has 1 aromatic heterocycles. The number of hydrogen-bond acceptors (Lipinski definition) is 4. The number of halogens is 1. The zero-order valence-corrected chi connectivity index (χ0v) is 13.8. The summed E-state index contributed by atoms with van der Waals surface area (Å²) in [6.07, 6.45) is 1.50. The number of para-hydroxylation sites is 1. The lowest BCUT2D eigenvalue weighted by atomic mass is 10.1. The highest BCUT2D eigenvalue weighted by molar-refractivity contribution is 8.93. The van der Waals surface area contributed by atoms with Crippen LogP contribution in [0.3, 0.4) is 0 Å². The molecular formula is C17H16BrN3O. The summed E-state index contributed by atoms with van der Waals surface area (Å²) in [4.78, 5) is 20.6. The van der Waals surface area contributed by atoms with E-state index in [2.05, 4.69) is 15.3 Å². The number of benzene rings is 2. The van der Waals surface area contributed by atoms with E-state index in [0.717, 1.165) is 16.5 Å². The van der Waals surface area contributed by atoms with Crippen molar-refractivity contribution in [3.8, 4) is 0 Å². The lowest BCUT2D eigenvalue weighted by molar-refractivity contribution is 0.101. The first-order valence-electron chi connectivity index (χ1n) is 6.77. The van der Waals surface area contributed by atoms with E-state index in [-0.39, 0.29) is 29.3 Å². The van der Waals surface area contributed by atoms with Crippen molar-refractivity contribution in [1.82, 2.24) is 9.97 Å². The first-order chi connectivity index (χ1) is 10.2. The van der Waals surface area contributed by atoms with E-state index < -0.39 is 0 Å². The number of hydrogen-bond donors (Lipinski definition) is 1. The number of carbonyl (C=O) groups excluding carboxylic acids is 1. The van der Waals surface area contributed by atoms with Crippen LogP contribution in [0.1, 0.15) is 15.9 Å². The Kier molecular flexibility index (Phi) is 5.22. The Hall–Kier alpha value is -2.27. The molecular weight excluding hydrogens is 342 g/mol. The Morgan fingerprint density at radius 3 is 2.55 bits per heavy atom. The minimum atomic E-state index is 0. The van der Waals surface area contributed by atoms with Gasteiger partial charge in [-0.25, -0.2) is 9.97 Å². The lowest BCUT2D eigenvalue weighted by Crippen LogP contribution is -2.15. The minimum Gasteiger partial charge on any atom is -0.362 e. The summed E-state index contributed by atoms with van der Waals surface area (Å²) in [5.74, 6) is 0.721. The average molecular weight is 358 g/mol. The van der Waals surface area contributed by atoms with Gasteiger partial charge in [-0.05, 0) is 19.1 Å². The second kappa shape index (κ2) is 7.13. The van der Waals surface area contributed by atoms with Gasteiger partial charge in [0, 0.05) is 10.9 Å².